The lowest BCUT2D eigenvalue weighted by Crippen LogP contribution is -2.39. The molecule has 0 bridgehead atoms. The van der Waals surface area contributed by atoms with E-state index in [0.717, 1.165) is 17.7 Å². The summed E-state index contributed by atoms with van der Waals surface area (Å²) in [6.07, 6.45) is 0. The first-order chi connectivity index (χ1) is 10.5. The van der Waals surface area contributed by atoms with E-state index in [0.29, 0.717) is 0 Å². The summed E-state index contributed by atoms with van der Waals surface area (Å²) in [6.45, 7) is 3.63. The fraction of sp³-hybridized carbons (Fsp3) is 0.235. The van der Waals surface area contributed by atoms with E-state index >= 15 is 0 Å². The summed E-state index contributed by atoms with van der Waals surface area (Å²) in [5, 5.41) is 5.59. The minimum Gasteiger partial charge on any atom is -0.322 e. The average molecular weight is 304 g/mol. The molecule has 22 heavy (non-hydrogen) atoms. The summed E-state index contributed by atoms with van der Waals surface area (Å²) < 4.78 is 26.4. The quantitative estimate of drug-likeness (QED) is 0.885. The molecule has 0 aliphatic heterocycles. The smallest absolute Gasteiger partial charge is 0.241 e. The third-order valence-electron chi connectivity index (χ3n) is 3.38. The van der Waals surface area contributed by atoms with Gasteiger partial charge in [0.1, 0.15) is 11.6 Å². The number of rotatable bonds is 5. The molecule has 0 fully saturated rings. The molecule has 2 atom stereocenters. The number of halogens is 2. The molecule has 0 aliphatic carbocycles. The van der Waals surface area contributed by atoms with Gasteiger partial charge in [-0.15, -0.1) is 0 Å². The van der Waals surface area contributed by atoms with Crippen LogP contribution in [0, 0.1) is 11.6 Å². The molecule has 5 heteroatoms. The highest BCUT2D eigenvalue weighted by Crippen LogP contribution is 2.16. The Bertz CT molecular complexity index is 646. The van der Waals surface area contributed by atoms with Crippen molar-refractivity contribution in [1.82, 2.24) is 5.32 Å². The largest absolute Gasteiger partial charge is 0.322 e. The Morgan fingerprint density at radius 1 is 1.05 bits per heavy atom. The van der Waals surface area contributed by atoms with Crippen molar-refractivity contribution in [1.29, 1.82) is 0 Å². The fourth-order valence-corrected chi connectivity index (χ4v) is 2.12. The second-order valence-corrected chi connectivity index (χ2v) is 5.13. The number of hydrogen-bond acceptors (Lipinski definition) is 2. The molecular weight excluding hydrogens is 286 g/mol. The van der Waals surface area contributed by atoms with Crippen molar-refractivity contribution < 1.29 is 13.6 Å². The standard InChI is InChI=1S/C17H18F2N2O/c1-11(13-6-4-3-5-7-13)20-12(2)17(22)21-16-9-8-14(18)10-15(16)19/h3-12,20H,1-2H3,(H,21,22)/t11-,12-/m1/s1. The van der Waals surface area contributed by atoms with Crippen molar-refractivity contribution >= 4 is 11.6 Å². The van der Waals surface area contributed by atoms with Gasteiger partial charge in [0, 0.05) is 12.1 Å². The summed E-state index contributed by atoms with van der Waals surface area (Å²) in [4.78, 5) is 12.1. The van der Waals surface area contributed by atoms with E-state index in [1.807, 2.05) is 37.3 Å². The highest BCUT2D eigenvalue weighted by molar-refractivity contribution is 5.94. The first kappa shape index (κ1) is 16.1. The third-order valence-corrected chi connectivity index (χ3v) is 3.38. The molecule has 2 rings (SSSR count). The highest BCUT2D eigenvalue weighted by atomic mass is 19.1. The van der Waals surface area contributed by atoms with Gasteiger partial charge >= 0.3 is 0 Å². The van der Waals surface area contributed by atoms with E-state index < -0.39 is 17.7 Å². The Kier molecular flexibility index (Phi) is 5.22. The van der Waals surface area contributed by atoms with Gasteiger partial charge in [-0.25, -0.2) is 8.78 Å². The molecule has 0 unspecified atom stereocenters. The van der Waals surface area contributed by atoms with Crippen molar-refractivity contribution in [3.05, 3.63) is 65.7 Å². The Hall–Kier alpha value is -2.27. The van der Waals surface area contributed by atoms with Crippen LogP contribution in [0.5, 0.6) is 0 Å². The van der Waals surface area contributed by atoms with Gasteiger partial charge in [0.25, 0.3) is 0 Å². The number of nitrogens with one attached hydrogen (secondary N) is 2. The van der Waals surface area contributed by atoms with E-state index in [1.165, 1.54) is 6.07 Å². The molecule has 0 spiro atoms. The minimum atomic E-state index is -0.795. The normalized spacial score (nSPS) is 13.5. The van der Waals surface area contributed by atoms with Crippen LogP contribution in [-0.2, 0) is 4.79 Å². The Morgan fingerprint density at radius 2 is 1.73 bits per heavy atom. The zero-order chi connectivity index (χ0) is 16.1. The van der Waals surface area contributed by atoms with Gasteiger partial charge in [0.2, 0.25) is 5.91 Å². The van der Waals surface area contributed by atoms with Gasteiger partial charge in [-0.1, -0.05) is 30.3 Å². The molecule has 0 heterocycles. The van der Waals surface area contributed by atoms with Gasteiger partial charge < -0.3 is 5.32 Å². The van der Waals surface area contributed by atoms with Crippen molar-refractivity contribution in [2.24, 2.45) is 0 Å². The predicted molar refractivity (Wildman–Crippen MR) is 82.4 cm³/mol. The lowest BCUT2D eigenvalue weighted by atomic mass is 10.1. The zero-order valence-corrected chi connectivity index (χ0v) is 12.4. The summed E-state index contributed by atoms with van der Waals surface area (Å²) >= 11 is 0. The average Bonchev–Trinajstić information content (AvgIpc) is 2.50. The Morgan fingerprint density at radius 3 is 2.36 bits per heavy atom. The predicted octanol–water partition coefficient (Wildman–Crippen LogP) is 3.64. The van der Waals surface area contributed by atoms with Gasteiger partial charge in [0.05, 0.1) is 11.7 Å². The summed E-state index contributed by atoms with van der Waals surface area (Å²) in [5.41, 5.74) is 1.02. The number of carbonyl (C=O) groups is 1. The molecule has 2 N–H and O–H groups in total. The number of benzene rings is 2. The fourth-order valence-electron chi connectivity index (χ4n) is 2.12. The van der Waals surface area contributed by atoms with Crippen molar-refractivity contribution in [3.63, 3.8) is 0 Å². The van der Waals surface area contributed by atoms with Crippen LogP contribution in [-0.4, -0.2) is 11.9 Å². The summed E-state index contributed by atoms with van der Waals surface area (Å²) in [7, 11) is 0. The molecule has 2 aromatic rings. The number of carbonyl (C=O) groups excluding carboxylic acids is 1. The molecular formula is C17H18F2N2O. The summed E-state index contributed by atoms with van der Waals surface area (Å²) in [5.74, 6) is -1.86. The van der Waals surface area contributed by atoms with Gasteiger partial charge in [-0.05, 0) is 31.5 Å². The SMILES string of the molecule is C[C@@H](N[C@H](C)c1ccccc1)C(=O)Nc1ccc(F)cc1F. The Balaban J connectivity index is 1.97. The molecule has 0 saturated carbocycles. The monoisotopic (exact) mass is 304 g/mol. The molecule has 0 aromatic heterocycles. The first-order valence-electron chi connectivity index (χ1n) is 7.04. The Labute approximate surface area is 128 Å². The maximum absolute atomic E-state index is 13.5. The molecule has 0 aliphatic rings. The number of anilines is 1. The lowest BCUT2D eigenvalue weighted by Gasteiger charge is -2.20. The zero-order valence-electron chi connectivity index (χ0n) is 12.4. The van der Waals surface area contributed by atoms with Gasteiger partial charge in [-0.3, -0.25) is 10.1 Å². The first-order valence-corrected chi connectivity index (χ1v) is 7.04. The molecule has 0 radical (unpaired) electrons. The molecule has 116 valence electrons. The van der Waals surface area contributed by atoms with E-state index in [-0.39, 0.29) is 17.6 Å². The molecule has 3 nitrogen and oxygen atoms in total. The van der Waals surface area contributed by atoms with Crippen LogP contribution in [0.15, 0.2) is 48.5 Å². The second-order valence-electron chi connectivity index (χ2n) is 5.13. The van der Waals surface area contributed by atoms with Crippen LogP contribution in [0.25, 0.3) is 0 Å². The maximum atomic E-state index is 13.5. The molecule has 2 aromatic carbocycles. The number of hydrogen-bond donors (Lipinski definition) is 2. The van der Waals surface area contributed by atoms with Crippen LogP contribution in [0.2, 0.25) is 0 Å². The third kappa shape index (κ3) is 4.11. The van der Waals surface area contributed by atoms with E-state index in [2.05, 4.69) is 10.6 Å². The second kappa shape index (κ2) is 7.13. The molecule has 1 amide bonds. The van der Waals surface area contributed by atoms with Crippen molar-refractivity contribution in [3.8, 4) is 0 Å². The van der Waals surface area contributed by atoms with Gasteiger partial charge in [0.15, 0.2) is 0 Å². The van der Waals surface area contributed by atoms with Crippen LogP contribution in [0.3, 0.4) is 0 Å². The van der Waals surface area contributed by atoms with Crippen molar-refractivity contribution in [2.75, 3.05) is 5.32 Å². The highest BCUT2D eigenvalue weighted by Gasteiger charge is 2.17. The van der Waals surface area contributed by atoms with E-state index in [4.69, 9.17) is 0 Å². The van der Waals surface area contributed by atoms with E-state index in [1.54, 1.807) is 6.92 Å². The number of amides is 1. The van der Waals surface area contributed by atoms with E-state index in [9.17, 15) is 13.6 Å². The van der Waals surface area contributed by atoms with Crippen LogP contribution < -0.4 is 10.6 Å². The maximum Gasteiger partial charge on any atom is 0.241 e. The van der Waals surface area contributed by atoms with Crippen LogP contribution in [0.4, 0.5) is 14.5 Å². The minimum absolute atomic E-state index is 0.0278. The molecule has 0 saturated heterocycles. The topological polar surface area (TPSA) is 41.1 Å². The van der Waals surface area contributed by atoms with Crippen LogP contribution in [0.1, 0.15) is 25.5 Å². The van der Waals surface area contributed by atoms with Crippen molar-refractivity contribution in [2.45, 2.75) is 25.9 Å². The summed E-state index contributed by atoms with van der Waals surface area (Å²) in [6, 6.07) is 12.2. The lowest BCUT2D eigenvalue weighted by molar-refractivity contribution is -0.118. The van der Waals surface area contributed by atoms with Gasteiger partial charge in [-0.2, -0.15) is 0 Å². The van der Waals surface area contributed by atoms with Crippen LogP contribution >= 0.6 is 0 Å².